The van der Waals surface area contributed by atoms with E-state index in [1.54, 1.807) is 36.5 Å². The second kappa shape index (κ2) is 5.38. The molecule has 0 saturated carbocycles. The maximum atomic E-state index is 12.4. The molecule has 0 unspecified atom stereocenters. The van der Waals surface area contributed by atoms with E-state index in [1.807, 2.05) is 0 Å². The summed E-state index contributed by atoms with van der Waals surface area (Å²) in [5.74, 6) is 0.0699. The van der Waals surface area contributed by atoms with Crippen LogP contribution < -0.4 is 0 Å². The molecule has 2 fully saturated rings. The van der Waals surface area contributed by atoms with E-state index in [9.17, 15) is 13.2 Å². The van der Waals surface area contributed by atoms with Gasteiger partial charge in [-0.1, -0.05) is 0 Å². The molecule has 0 radical (unpaired) electrons. The number of likely N-dealkylation sites (tertiary alicyclic amines) is 1. The maximum Gasteiger partial charge on any atom is 0.255 e. The van der Waals surface area contributed by atoms with Crippen molar-refractivity contribution in [1.29, 1.82) is 0 Å². The van der Waals surface area contributed by atoms with Crippen LogP contribution in [0.1, 0.15) is 23.2 Å². The van der Waals surface area contributed by atoms with Crippen LogP contribution in [-0.4, -0.2) is 60.4 Å². The van der Waals surface area contributed by atoms with E-state index in [0.717, 1.165) is 6.42 Å². The van der Waals surface area contributed by atoms with Gasteiger partial charge in [-0.2, -0.15) is 0 Å². The molecule has 114 valence electrons. The Kier molecular flexibility index (Phi) is 3.71. The Hall–Kier alpha value is -1.47. The highest BCUT2D eigenvalue weighted by molar-refractivity contribution is 7.90. The maximum absolute atomic E-state index is 12.4. The molecule has 1 amide bonds. The van der Waals surface area contributed by atoms with Gasteiger partial charge in [-0.25, -0.2) is 12.7 Å². The van der Waals surface area contributed by atoms with Crippen molar-refractivity contribution in [2.75, 3.05) is 26.7 Å². The third-order valence-corrected chi connectivity index (χ3v) is 6.89. The molecule has 2 aliphatic heterocycles. The largest absolute Gasteiger partial charge is 0.339 e. The third-order valence-electron chi connectivity index (χ3n) is 4.48. The van der Waals surface area contributed by atoms with Gasteiger partial charge in [0.15, 0.2) is 0 Å². The number of amides is 1. The van der Waals surface area contributed by atoms with Gasteiger partial charge in [-0.3, -0.25) is 9.78 Å². The monoisotopic (exact) mass is 309 g/mol. The number of fused-ring (bicyclic) bond motifs is 1. The molecule has 0 aromatic carbocycles. The molecule has 3 rings (SSSR count). The minimum absolute atomic E-state index is 0.0613. The Morgan fingerprint density at radius 3 is 2.81 bits per heavy atom. The van der Waals surface area contributed by atoms with Crippen LogP contribution in [0.15, 0.2) is 24.5 Å². The van der Waals surface area contributed by atoms with Crippen LogP contribution in [0, 0.1) is 5.92 Å². The number of hydrogen-bond donors (Lipinski definition) is 0. The zero-order chi connectivity index (χ0) is 15.0. The van der Waals surface area contributed by atoms with Gasteiger partial charge in [0, 0.05) is 39.1 Å². The van der Waals surface area contributed by atoms with Gasteiger partial charge < -0.3 is 4.90 Å². The van der Waals surface area contributed by atoms with Crippen molar-refractivity contribution in [2.24, 2.45) is 5.92 Å². The van der Waals surface area contributed by atoms with E-state index in [1.165, 1.54) is 4.31 Å². The first-order chi connectivity index (χ1) is 10.00. The lowest BCUT2D eigenvalue weighted by Crippen LogP contribution is -2.34. The summed E-state index contributed by atoms with van der Waals surface area (Å²) in [6.07, 6.45) is 4.44. The van der Waals surface area contributed by atoms with Gasteiger partial charge in [-0.05, 0) is 30.9 Å². The highest BCUT2D eigenvalue weighted by Gasteiger charge is 2.45. The number of sulfonamides is 1. The molecule has 2 atom stereocenters. The summed E-state index contributed by atoms with van der Waals surface area (Å²) in [4.78, 5) is 18.1. The van der Waals surface area contributed by atoms with Crippen molar-refractivity contribution in [2.45, 2.75) is 18.1 Å². The lowest BCUT2D eigenvalue weighted by atomic mass is 10.0. The Balaban J connectivity index is 1.75. The second-order valence-electron chi connectivity index (χ2n) is 5.74. The number of rotatable bonds is 1. The molecule has 21 heavy (non-hydrogen) atoms. The molecule has 2 aliphatic rings. The quantitative estimate of drug-likeness (QED) is 0.761. The molecule has 0 aliphatic carbocycles. The second-order valence-corrected chi connectivity index (χ2v) is 7.99. The number of carbonyl (C=O) groups is 1. The third kappa shape index (κ3) is 2.55. The van der Waals surface area contributed by atoms with Crippen LogP contribution in [0.2, 0.25) is 0 Å². The molecule has 3 heterocycles. The van der Waals surface area contributed by atoms with Crippen molar-refractivity contribution in [3.8, 4) is 0 Å². The Morgan fingerprint density at radius 2 is 2.10 bits per heavy atom. The summed E-state index contributed by atoms with van der Waals surface area (Å²) in [5.41, 5.74) is 0.560. The van der Waals surface area contributed by atoms with Crippen molar-refractivity contribution in [3.63, 3.8) is 0 Å². The van der Waals surface area contributed by atoms with E-state index >= 15 is 0 Å². The molecule has 6 nitrogen and oxygen atoms in total. The molecule has 2 saturated heterocycles. The summed E-state index contributed by atoms with van der Waals surface area (Å²) >= 11 is 0. The molecular formula is C14H19N3O3S. The van der Waals surface area contributed by atoms with Gasteiger partial charge in [0.05, 0.1) is 10.8 Å². The predicted molar refractivity (Wildman–Crippen MR) is 78.2 cm³/mol. The molecular weight excluding hydrogens is 290 g/mol. The van der Waals surface area contributed by atoms with Crippen LogP contribution in [0.5, 0.6) is 0 Å². The van der Waals surface area contributed by atoms with Gasteiger partial charge in [0.2, 0.25) is 10.0 Å². The summed E-state index contributed by atoms with van der Waals surface area (Å²) < 4.78 is 25.9. The Morgan fingerprint density at radius 1 is 1.33 bits per heavy atom. The van der Waals surface area contributed by atoms with Gasteiger partial charge in [0.25, 0.3) is 5.91 Å². The summed E-state index contributed by atoms with van der Waals surface area (Å²) in [6.45, 7) is 1.67. The average Bonchev–Trinajstić information content (AvgIpc) is 2.64. The zero-order valence-corrected chi connectivity index (χ0v) is 12.8. The molecule has 0 bridgehead atoms. The first-order valence-corrected chi connectivity index (χ1v) is 8.65. The number of carbonyl (C=O) groups excluding carboxylic acids is 1. The van der Waals surface area contributed by atoms with E-state index in [4.69, 9.17) is 0 Å². The number of hydrogen-bond acceptors (Lipinski definition) is 4. The van der Waals surface area contributed by atoms with Crippen molar-refractivity contribution in [1.82, 2.24) is 14.2 Å². The molecule has 0 N–H and O–H groups in total. The highest BCUT2D eigenvalue weighted by Crippen LogP contribution is 2.33. The zero-order valence-electron chi connectivity index (χ0n) is 12.0. The molecule has 1 aromatic heterocycles. The van der Waals surface area contributed by atoms with Gasteiger partial charge in [-0.15, -0.1) is 0 Å². The van der Waals surface area contributed by atoms with Crippen molar-refractivity contribution < 1.29 is 13.2 Å². The lowest BCUT2D eigenvalue weighted by Gasteiger charge is -2.21. The summed E-state index contributed by atoms with van der Waals surface area (Å²) in [5, 5.41) is -0.339. The molecule has 1 aromatic rings. The number of pyridine rings is 1. The van der Waals surface area contributed by atoms with Crippen LogP contribution in [0.3, 0.4) is 0 Å². The minimum Gasteiger partial charge on any atom is -0.339 e. The lowest BCUT2D eigenvalue weighted by molar-refractivity contribution is 0.0759. The van der Waals surface area contributed by atoms with E-state index in [0.29, 0.717) is 31.6 Å². The SMILES string of the molecule is CN1C[C@H]2CCN(C(=O)c3cccnc3)CC[C@H]2S1(=O)=O. The number of nitrogens with zero attached hydrogens (tertiary/aromatic N) is 3. The fourth-order valence-corrected chi connectivity index (χ4v) is 5.25. The average molecular weight is 309 g/mol. The summed E-state index contributed by atoms with van der Waals surface area (Å²) in [6, 6.07) is 3.48. The van der Waals surface area contributed by atoms with Gasteiger partial charge >= 0.3 is 0 Å². The van der Waals surface area contributed by atoms with Crippen LogP contribution in [0.4, 0.5) is 0 Å². The van der Waals surface area contributed by atoms with Crippen molar-refractivity contribution in [3.05, 3.63) is 30.1 Å². The smallest absolute Gasteiger partial charge is 0.255 e. The highest BCUT2D eigenvalue weighted by atomic mass is 32.2. The normalized spacial score (nSPS) is 28.9. The fourth-order valence-electron chi connectivity index (χ4n) is 3.28. The van der Waals surface area contributed by atoms with Crippen LogP contribution >= 0.6 is 0 Å². The first-order valence-electron chi connectivity index (χ1n) is 7.14. The van der Waals surface area contributed by atoms with Crippen LogP contribution in [-0.2, 0) is 10.0 Å². The van der Waals surface area contributed by atoms with Crippen LogP contribution in [0.25, 0.3) is 0 Å². The predicted octanol–water partition coefficient (Wildman–Crippen LogP) is 0.578. The van der Waals surface area contributed by atoms with E-state index in [2.05, 4.69) is 4.98 Å². The topological polar surface area (TPSA) is 70.6 Å². The Labute approximate surface area is 124 Å². The molecule has 7 heteroatoms. The Bertz CT molecular complexity index is 632. The summed E-state index contributed by atoms with van der Waals surface area (Å²) in [7, 11) is -1.54. The minimum atomic E-state index is -3.18. The van der Waals surface area contributed by atoms with E-state index in [-0.39, 0.29) is 17.1 Å². The van der Waals surface area contributed by atoms with E-state index < -0.39 is 10.0 Å². The standard InChI is InChI=1S/C14H19N3O3S/c1-16-10-12-4-7-17(8-5-13(12)21(16,19)20)14(18)11-3-2-6-15-9-11/h2-3,6,9,12-13H,4-5,7-8,10H2,1H3/t12-,13-/m1/s1. The van der Waals surface area contributed by atoms with Crippen molar-refractivity contribution >= 4 is 15.9 Å². The molecule has 0 spiro atoms. The fraction of sp³-hybridized carbons (Fsp3) is 0.571. The number of aromatic nitrogens is 1. The van der Waals surface area contributed by atoms with Gasteiger partial charge in [0.1, 0.15) is 0 Å². The first kappa shape index (κ1) is 14.5.